The van der Waals surface area contributed by atoms with E-state index < -0.39 is 11.6 Å². The number of rotatable bonds is 9. The maximum absolute atomic E-state index is 12.6. The summed E-state index contributed by atoms with van der Waals surface area (Å²) in [4.78, 5) is 24.8. The Hall–Kier alpha value is -2.78. The molecule has 168 valence electrons. The summed E-state index contributed by atoms with van der Waals surface area (Å²) in [7, 11) is 0. The molecule has 1 aromatic heterocycles. The van der Waals surface area contributed by atoms with Crippen LogP contribution in [0.2, 0.25) is 0 Å². The van der Waals surface area contributed by atoms with Crippen LogP contribution in [0.1, 0.15) is 50.4 Å². The fourth-order valence-corrected chi connectivity index (χ4v) is 3.55. The molecular weight excluding hydrogens is 396 g/mol. The Morgan fingerprint density at radius 3 is 2.71 bits per heavy atom. The van der Waals surface area contributed by atoms with Crippen molar-refractivity contribution in [3.8, 4) is 0 Å². The Morgan fingerprint density at radius 1 is 1.29 bits per heavy atom. The molecule has 0 aliphatic carbocycles. The average molecular weight is 429 g/mol. The van der Waals surface area contributed by atoms with Crippen LogP contribution >= 0.6 is 0 Å². The van der Waals surface area contributed by atoms with Gasteiger partial charge in [-0.15, -0.1) is 10.2 Å². The number of fused-ring (bicyclic) bond motifs is 1. The highest BCUT2D eigenvalue weighted by atomic mass is 16.5. The van der Waals surface area contributed by atoms with Crippen LogP contribution in [-0.2, 0) is 33.9 Å². The third-order valence-electron chi connectivity index (χ3n) is 5.31. The number of hydrogen-bond acceptors (Lipinski definition) is 6. The maximum atomic E-state index is 12.6. The monoisotopic (exact) mass is 428 g/mol. The van der Waals surface area contributed by atoms with Crippen LogP contribution in [0.3, 0.4) is 0 Å². The number of ether oxygens (including phenoxy) is 1. The van der Waals surface area contributed by atoms with Crippen molar-refractivity contribution in [3.05, 3.63) is 47.5 Å². The number of amides is 2. The zero-order chi connectivity index (χ0) is 22.4. The summed E-state index contributed by atoms with van der Waals surface area (Å²) in [6.07, 6.45) is 1.21. The number of carbonyl (C=O) groups excluding carboxylic acids is 2. The molecule has 0 saturated carbocycles. The van der Waals surface area contributed by atoms with Crippen LogP contribution < -0.4 is 16.4 Å². The highest BCUT2D eigenvalue weighted by molar-refractivity contribution is 5.85. The number of hydrogen-bond donors (Lipinski definition) is 3. The van der Waals surface area contributed by atoms with Gasteiger partial charge in [-0.3, -0.25) is 9.59 Å². The van der Waals surface area contributed by atoms with Crippen LogP contribution in [0.25, 0.3) is 0 Å². The molecule has 31 heavy (non-hydrogen) atoms. The summed E-state index contributed by atoms with van der Waals surface area (Å²) >= 11 is 0. The van der Waals surface area contributed by atoms with Gasteiger partial charge in [-0.05, 0) is 32.8 Å². The molecule has 0 spiro atoms. The van der Waals surface area contributed by atoms with Crippen LogP contribution in [0, 0.1) is 5.92 Å². The molecule has 0 saturated heterocycles. The first-order chi connectivity index (χ1) is 14.8. The van der Waals surface area contributed by atoms with Gasteiger partial charge in [0, 0.05) is 25.4 Å². The molecule has 9 heteroatoms. The molecule has 2 aromatic rings. The van der Waals surface area contributed by atoms with E-state index in [1.165, 1.54) is 0 Å². The molecule has 2 heterocycles. The van der Waals surface area contributed by atoms with E-state index in [9.17, 15) is 9.59 Å². The molecule has 3 rings (SSSR count). The number of benzene rings is 1. The molecule has 1 aliphatic heterocycles. The van der Waals surface area contributed by atoms with E-state index in [2.05, 4.69) is 20.8 Å². The summed E-state index contributed by atoms with van der Waals surface area (Å²) in [5, 5.41) is 14.5. The lowest BCUT2D eigenvalue weighted by atomic mass is 9.96. The van der Waals surface area contributed by atoms with Crippen LogP contribution in [0.5, 0.6) is 0 Å². The predicted molar refractivity (Wildman–Crippen MR) is 116 cm³/mol. The normalized spacial score (nSPS) is 17.0. The first kappa shape index (κ1) is 22.9. The Labute approximate surface area is 182 Å². The Morgan fingerprint density at radius 2 is 2.03 bits per heavy atom. The molecule has 2 amide bonds. The highest BCUT2D eigenvalue weighted by Crippen LogP contribution is 2.24. The van der Waals surface area contributed by atoms with Crippen molar-refractivity contribution in [2.45, 2.75) is 58.3 Å². The van der Waals surface area contributed by atoms with E-state index >= 15 is 0 Å². The number of carbonyl (C=O) groups is 2. The number of nitrogens with one attached hydrogen (secondary N) is 2. The highest BCUT2D eigenvalue weighted by Gasteiger charge is 2.32. The van der Waals surface area contributed by atoms with E-state index in [0.717, 1.165) is 11.4 Å². The van der Waals surface area contributed by atoms with Crippen molar-refractivity contribution in [1.82, 2.24) is 25.4 Å². The summed E-state index contributed by atoms with van der Waals surface area (Å²) in [5.74, 6) is 0.991. The second-order valence-corrected chi connectivity index (χ2v) is 8.46. The maximum Gasteiger partial charge on any atom is 0.240 e. The van der Waals surface area contributed by atoms with Gasteiger partial charge >= 0.3 is 0 Å². The first-order valence-corrected chi connectivity index (χ1v) is 10.7. The van der Waals surface area contributed by atoms with Crippen molar-refractivity contribution in [3.63, 3.8) is 0 Å². The molecule has 2 unspecified atom stereocenters. The second kappa shape index (κ2) is 10.0. The molecular formula is C22H32N6O3. The van der Waals surface area contributed by atoms with Gasteiger partial charge in [0.2, 0.25) is 11.8 Å². The van der Waals surface area contributed by atoms with Crippen molar-refractivity contribution in [1.29, 1.82) is 0 Å². The Kier molecular flexibility index (Phi) is 7.40. The van der Waals surface area contributed by atoms with E-state index in [1.807, 2.05) is 41.8 Å². The molecule has 1 aromatic carbocycles. The van der Waals surface area contributed by atoms with Gasteiger partial charge in [0.1, 0.15) is 11.9 Å². The summed E-state index contributed by atoms with van der Waals surface area (Å²) < 4.78 is 7.88. The SMILES string of the molecule is CCNC(=O)C1CCn2c(nnc2C(COCc2ccccc2)NC(=O)C(C)(C)N)C1. The molecule has 0 radical (unpaired) electrons. The van der Waals surface area contributed by atoms with Crippen LogP contribution in [0.4, 0.5) is 0 Å². The second-order valence-electron chi connectivity index (χ2n) is 8.46. The smallest absolute Gasteiger partial charge is 0.240 e. The topological polar surface area (TPSA) is 124 Å². The zero-order valence-electron chi connectivity index (χ0n) is 18.4. The third kappa shape index (κ3) is 5.89. The molecule has 0 bridgehead atoms. The van der Waals surface area contributed by atoms with Gasteiger partial charge in [-0.2, -0.15) is 0 Å². The standard InChI is InChI=1S/C22H32N6O3/c1-4-24-20(29)16-10-11-28-18(12-16)26-27-19(28)17(25-21(30)22(2,3)23)14-31-13-15-8-6-5-7-9-15/h5-9,16-17H,4,10-14,23H2,1-3H3,(H,24,29)(H,25,30). The summed E-state index contributed by atoms with van der Waals surface area (Å²) in [6.45, 7) is 7.07. The van der Waals surface area contributed by atoms with E-state index in [-0.39, 0.29) is 24.3 Å². The number of nitrogens with two attached hydrogens (primary N) is 1. The largest absolute Gasteiger partial charge is 0.374 e. The fraction of sp³-hybridized carbons (Fsp3) is 0.545. The van der Waals surface area contributed by atoms with E-state index in [0.29, 0.717) is 38.4 Å². The molecule has 1 aliphatic rings. The van der Waals surface area contributed by atoms with Gasteiger partial charge in [0.05, 0.1) is 18.8 Å². The van der Waals surface area contributed by atoms with Gasteiger partial charge in [-0.1, -0.05) is 30.3 Å². The minimum atomic E-state index is -1.04. The predicted octanol–water partition coefficient (Wildman–Crippen LogP) is 1.09. The first-order valence-electron chi connectivity index (χ1n) is 10.7. The lowest BCUT2D eigenvalue weighted by Crippen LogP contribution is -2.51. The minimum absolute atomic E-state index is 0.0410. The molecule has 4 N–H and O–H groups in total. The minimum Gasteiger partial charge on any atom is -0.374 e. The van der Waals surface area contributed by atoms with Crippen molar-refractivity contribution >= 4 is 11.8 Å². The van der Waals surface area contributed by atoms with Crippen molar-refractivity contribution < 1.29 is 14.3 Å². The van der Waals surface area contributed by atoms with Crippen LogP contribution in [0.15, 0.2) is 30.3 Å². The van der Waals surface area contributed by atoms with Gasteiger partial charge in [0.25, 0.3) is 0 Å². The molecule has 2 atom stereocenters. The molecule has 0 fully saturated rings. The van der Waals surface area contributed by atoms with Gasteiger partial charge < -0.3 is 25.7 Å². The third-order valence-corrected chi connectivity index (χ3v) is 5.31. The average Bonchev–Trinajstić information content (AvgIpc) is 3.16. The Balaban J connectivity index is 1.74. The fourth-order valence-electron chi connectivity index (χ4n) is 3.55. The van der Waals surface area contributed by atoms with Crippen LogP contribution in [-0.4, -0.2) is 45.3 Å². The lowest BCUT2D eigenvalue weighted by molar-refractivity contribution is -0.126. The Bertz CT molecular complexity index is 890. The van der Waals surface area contributed by atoms with E-state index in [1.54, 1.807) is 13.8 Å². The van der Waals surface area contributed by atoms with Crippen molar-refractivity contribution in [2.24, 2.45) is 11.7 Å². The molecule has 9 nitrogen and oxygen atoms in total. The number of nitrogens with zero attached hydrogens (tertiary/aromatic N) is 3. The quantitative estimate of drug-likeness (QED) is 0.549. The van der Waals surface area contributed by atoms with Gasteiger partial charge in [-0.25, -0.2) is 0 Å². The lowest BCUT2D eigenvalue weighted by Gasteiger charge is -2.27. The van der Waals surface area contributed by atoms with E-state index in [4.69, 9.17) is 10.5 Å². The summed E-state index contributed by atoms with van der Waals surface area (Å²) in [5.41, 5.74) is 5.98. The summed E-state index contributed by atoms with van der Waals surface area (Å²) in [6, 6.07) is 9.32. The zero-order valence-corrected chi connectivity index (χ0v) is 18.4. The van der Waals surface area contributed by atoms with Gasteiger partial charge in [0.15, 0.2) is 5.82 Å². The number of aromatic nitrogens is 3. The van der Waals surface area contributed by atoms with Crippen molar-refractivity contribution in [2.75, 3.05) is 13.2 Å².